The van der Waals surface area contributed by atoms with Crippen LogP contribution in [-0.2, 0) is 0 Å². The predicted octanol–water partition coefficient (Wildman–Crippen LogP) is 14.6. The van der Waals surface area contributed by atoms with Gasteiger partial charge >= 0.3 is 0 Å². The first kappa shape index (κ1) is 31.9. The van der Waals surface area contributed by atoms with E-state index in [2.05, 4.69) is 168 Å². The van der Waals surface area contributed by atoms with E-state index in [1.165, 1.54) is 10.8 Å². The van der Waals surface area contributed by atoms with E-state index in [1.807, 2.05) is 42.5 Å². The summed E-state index contributed by atoms with van der Waals surface area (Å²) in [6, 6.07) is 69.9. The minimum atomic E-state index is 0.590. The molecular weight excluding hydrogens is 687 g/mol. The van der Waals surface area contributed by atoms with Crippen molar-refractivity contribution in [3.8, 4) is 11.5 Å². The lowest BCUT2D eigenvalue weighted by molar-refractivity contribution is 0.620. The molecule has 0 saturated heterocycles. The molecule has 2 heterocycles. The molecular formula is C51H33N3O2. The normalized spacial score (nSPS) is 11.6. The zero-order valence-electron chi connectivity index (χ0n) is 30.2. The van der Waals surface area contributed by atoms with Crippen LogP contribution in [0.5, 0.6) is 0 Å². The van der Waals surface area contributed by atoms with E-state index in [9.17, 15) is 0 Å². The summed E-state index contributed by atoms with van der Waals surface area (Å²) in [6.45, 7) is 0. The Morgan fingerprint density at radius 1 is 0.339 bits per heavy atom. The Labute approximate surface area is 322 Å². The Bertz CT molecular complexity index is 3210. The first-order chi connectivity index (χ1) is 27.7. The molecule has 2 aromatic heterocycles. The molecule has 264 valence electrons. The van der Waals surface area contributed by atoms with E-state index in [0.29, 0.717) is 5.89 Å². The van der Waals surface area contributed by atoms with Crippen molar-refractivity contribution >= 4 is 88.7 Å². The number of para-hydroxylation sites is 3. The first-order valence-corrected chi connectivity index (χ1v) is 18.8. The van der Waals surface area contributed by atoms with Crippen LogP contribution in [0.25, 0.3) is 66.0 Å². The van der Waals surface area contributed by atoms with Crippen molar-refractivity contribution in [2.45, 2.75) is 0 Å². The third-order valence-corrected chi connectivity index (χ3v) is 10.6. The molecule has 0 atom stereocenters. The van der Waals surface area contributed by atoms with Gasteiger partial charge in [0.05, 0.1) is 5.69 Å². The highest BCUT2D eigenvalue weighted by Gasteiger charge is 2.23. The number of rotatable bonds is 7. The van der Waals surface area contributed by atoms with Crippen molar-refractivity contribution in [3.63, 3.8) is 0 Å². The lowest BCUT2D eigenvalue weighted by Gasteiger charge is -2.31. The highest BCUT2D eigenvalue weighted by molar-refractivity contribution is 6.13. The van der Waals surface area contributed by atoms with E-state index in [0.717, 1.165) is 83.5 Å². The standard InChI is InChI=1S/C51H33N3O2/c1-4-15-35(16-5-1)51-52-50-45-32-41(53(37-18-6-2-7-19-37)39-25-24-34-14-10-11-17-36(34)30-39)33-46(42(45)27-29-49(50)56-51)54(38-20-8-3-9-21-38)40-26-28-48-44(31-40)43-22-12-13-23-47(43)55-48/h1-33H. The average molecular weight is 720 g/mol. The smallest absolute Gasteiger partial charge is 0.227 e. The first-order valence-electron chi connectivity index (χ1n) is 18.8. The molecule has 0 radical (unpaired) electrons. The molecule has 0 aliphatic carbocycles. The molecule has 0 unspecified atom stereocenters. The van der Waals surface area contributed by atoms with Gasteiger partial charge in [-0.15, -0.1) is 0 Å². The number of fused-ring (bicyclic) bond motifs is 7. The summed E-state index contributed by atoms with van der Waals surface area (Å²) in [5.74, 6) is 0.590. The number of hydrogen-bond acceptors (Lipinski definition) is 5. The van der Waals surface area contributed by atoms with Gasteiger partial charge in [-0.2, -0.15) is 0 Å². The summed E-state index contributed by atoms with van der Waals surface area (Å²) >= 11 is 0. The van der Waals surface area contributed by atoms with Crippen molar-refractivity contribution in [2.75, 3.05) is 9.80 Å². The maximum absolute atomic E-state index is 6.48. The summed E-state index contributed by atoms with van der Waals surface area (Å²) in [7, 11) is 0. The van der Waals surface area contributed by atoms with Crippen molar-refractivity contribution in [3.05, 3.63) is 200 Å². The number of aromatic nitrogens is 1. The van der Waals surface area contributed by atoms with Crippen LogP contribution in [0, 0.1) is 0 Å². The Morgan fingerprint density at radius 3 is 1.75 bits per heavy atom. The average Bonchev–Trinajstić information content (AvgIpc) is 3.87. The number of furan rings is 1. The third-order valence-electron chi connectivity index (χ3n) is 10.6. The molecule has 9 aromatic carbocycles. The minimum Gasteiger partial charge on any atom is -0.456 e. The van der Waals surface area contributed by atoms with Gasteiger partial charge < -0.3 is 18.6 Å². The van der Waals surface area contributed by atoms with E-state index in [1.54, 1.807) is 0 Å². The third kappa shape index (κ3) is 5.37. The lowest BCUT2D eigenvalue weighted by atomic mass is 10.0. The van der Waals surface area contributed by atoms with Crippen molar-refractivity contribution in [1.29, 1.82) is 0 Å². The fraction of sp³-hybridized carbons (Fsp3) is 0. The fourth-order valence-corrected chi connectivity index (χ4v) is 8.01. The lowest BCUT2D eigenvalue weighted by Crippen LogP contribution is -2.14. The molecule has 0 bridgehead atoms. The fourth-order valence-electron chi connectivity index (χ4n) is 8.01. The van der Waals surface area contributed by atoms with Gasteiger partial charge in [-0.1, -0.05) is 103 Å². The molecule has 56 heavy (non-hydrogen) atoms. The van der Waals surface area contributed by atoms with Crippen LogP contribution in [0.4, 0.5) is 34.1 Å². The molecule has 0 N–H and O–H groups in total. The van der Waals surface area contributed by atoms with Crippen LogP contribution in [0.15, 0.2) is 209 Å². The second kappa shape index (κ2) is 13.0. The van der Waals surface area contributed by atoms with Crippen LogP contribution >= 0.6 is 0 Å². The van der Waals surface area contributed by atoms with Gasteiger partial charge in [-0.3, -0.25) is 0 Å². The second-order valence-corrected chi connectivity index (χ2v) is 14.0. The summed E-state index contributed by atoms with van der Waals surface area (Å²) < 4.78 is 12.8. The zero-order chi connectivity index (χ0) is 37.0. The van der Waals surface area contributed by atoms with E-state index >= 15 is 0 Å². The topological polar surface area (TPSA) is 45.7 Å². The molecule has 11 rings (SSSR count). The molecule has 11 aromatic rings. The molecule has 0 spiro atoms. The van der Waals surface area contributed by atoms with E-state index in [-0.39, 0.29) is 0 Å². The van der Waals surface area contributed by atoms with Crippen LogP contribution in [0.3, 0.4) is 0 Å². The Hall–Kier alpha value is -7.63. The van der Waals surface area contributed by atoms with Gasteiger partial charge in [0, 0.05) is 55.5 Å². The molecule has 0 fully saturated rings. The molecule has 0 amide bonds. The zero-order valence-corrected chi connectivity index (χ0v) is 30.2. The predicted molar refractivity (Wildman–Crippen MR) is 231 cm³/mol. The molecule has 0 saturated carbocycles. The van der Waals surface area contributed by atoms with Crippen molar-refractivity contribution in [1.82, 2.24) is 4.98 Å². The van der Waals surface area contributed by atoms with Crippen LogP contribution < -0.4 is 9.80 Å². The van der Waals surface area contributed by atoms with Crippen molar-refractivity contribution < 1.29 is 8.83 Å². The molecule has 5 nitrogen and oxygen atoms in total. The highest BCUT2D eigenvalue weighted by atomic mass is 16.3. The number of oxazole rings is 1. The van der Waals surface area contributed by atoms with Crippen LogP contribution in [0.1, 0.15) is 0 Å². The number of nitrogens with zero attached hydrogens (tertiary/aromatic N) is 3. The molecule has 0 aliphatic heterocycles. The SMILES string of the molecule is c1ccc(-c2nc3c(ccc4c(N(c5ccccc5)c5ccc6oc7ccccc7c6c5)cc(N(c5ccccc5)c5ccc6ccccc6c5)cc43)o2)cc1. The summed E-state index contributed by atoms with van der Waals surface area (Å²) in [5.41, 5.74) is 10.3. The summed E-state index contributed by atoms with van der Waals surface area (Å²) in [4.78, 5) is 9.88. The van der Waals surface area contributed by atoms with Gasteiger partial charge in [0.2, 0.25) is 5.89 Å². The Morgan fingerprint density at radius 2 is 0.946 bits per heavy atom. The van der Waals surface area contributed by atoms with Crippen LogP contribution in [-0.4, -0.2) is 4.98 Å². The monoisotopic (exact) mass is 719 g/mol. The van der Waals surface area contributed by atoms with Gasteiger partial charge in [-0.25, -0.2) is 4.98 Å². The molecule has 5 heteroatoms. The summed E-state index contributed by atoms with van der Waals surface area (Å²) in [6.07, 6.45) is 0. The number of anilines is 6. The number of hydrogen-bond donors (Lipinski definition) is 0. The Kier molecular flexibility index (Phi) is 7.42. The van der Waals surface area contributed by atoms with Crippen LogP contribution in [0.2, 0.25) is 0 Å². The summed E-state index contributed by atoms with van der Waals surface area (Å²) in [5, 5.41) is 6.54. The van der Waals surface area contributed by atoms with Gasteiger partial charge in [-0.05, 0) is 108 Å². The minimum absolute atomic E-state index is 0.590. The van der Waals surface area contributed by atoms with E-state index in [4.69, 9.17) is 13.8 Å². The largest absolute Gasteiger partial charge is 0.456 e. The quantitative estimate of drug-likeness (QED) is 0.164. The maximum atomic E-state index is 6.48. The highest BCUT2D eigenvalue weighted by Crippen LogP contribution is 2.47. The van der Waals surface area contributed by atoms with Crippen molar-refractivity contribution in [2.24, 2.45) is 0 Å². The van der Waals surface area contributed by atoms with E-state index < -0.39 is 0 Å². The number of benzene rings is 9. The second-order valence-electron chi connectivity index (χ2n) is 14.0. The maximum Gasteiger partial charge on any atom is 0.227 e. The van der Waals surface area contributed by atoms with Gasteiger partial charge in [0.25, 0.3) is 0 Å². The molecule has 0 aliphatic rings. The Balaban J connectivity index is 1.23. The van der Waals surface area contributed by atoms with Gasteiger partial charge in [0.15, 0.2) is 5.58 Å². The van der Waals surface area contributed by atoms with Gasteiger partial charge in [0.1, 0.15) is 16.7 Å².